The standard InChI is InChI=1S/C9H15N3O.C2H6/c1-6-3-7(11)5-12-9(6)8(4-10)13-2;1-2/h3,5,8H,4,10-11H2,1-2H3;1-2H3. The van der Waals surface area contributed by atoms with Gasteiger partial charge < -0.3 is 16.2 Å². The third kappa shape index (κ3) is 3.85. The molecular weight excluding hydrogens is 190 g/mol. The molecule has 0 aromatic carbocycles. The van der Waals surface area contributed by atoms with Crippen LogP contribution >= 0.6 is 0 Å². The van der Waals surface area contributed by atoms with E-state index in [0.717, 1.165) is 11.3 Å². The molecule has 86 valence electrons. The number of pyridine rings is 1. The highest BCUT2D eigenvalue weighted by Gasteiger charge is 2.12. The minimum atomic E-state index is -0.138. The minimum absolute atomic E-state index is 0.138. The fraction of sp³-hybridized carbons (Fsp3) is 0.545. The van der Waals surface area contributed by atoms with Crippen molar-refractivity contribution in [2.75, 3.05) is 19.4 Å². The van der Waals surface area contributed by atoms with Crippen LogP contribution in [0.2, 0.25) is 0 Å². The predicted molar refractivity (Wildman–Crippen MR) is 63.5 cm³/mol. The number of anilines is 1. The normalized spacial score (nSPS) is 11.5. The molecule has 1 unspecified atom stereocenters. The molecule has 0 saturated carbocycles. The lowest BCUT2D eigenvalue weighted by atomic mass is 10.1. The number of nitrogen functional groups attached to an aromatic ring is 1. The summed E-state index contributed by atoms with van der Waals surface area (Å²) in [6, 6.07) is 1.87. The van der Waals surface area contributed by atoms with E-state index in [1.165, 1.54) is 0 Å². The summed E-state index contributed by atoms with van der Waals surface area (Å²) in [6.45, 7) is 6.37. The van der Waals surface area contributed by atoms with E-state index in [9.17, 15) is 0 Å². The molecule has 1 atom stereocenters. The number of methoxy groups -OCH3 is 1. The Labute approximate surface area is 91.6 Å². The summed E-state index contributed by atoms with van der Waals surface area (Å²) in [5, 5.41) is 0. The summed E-state index contributed by atoms with van der Waals surface area (Å²) in [6.07, 6.45) is 1.48. The smallest absolute Gasteiger partial charge is 0.111 e. The summed E-state index contributed by atoms with van der Waals surface area (Å²) in [5.41, 5.74) is 13.6. The van der Waals surface area contributed by atoms with E-state index in [2.05, 4.69) is 4.98 Å². The number of hydrogen-bond acceptors (Lipinski definition) is 4. The first kappa shape index (κ1) is 13.9. The molecule has 1 aromatic heterocycles. The van der Waals surface area contributed by atoms with Gasteiger partial charge in [-0.25, -0.2) is 0 Å². The van der Waals surface area contributed by atoms with E-state index in [1.807, 2.05) is 26.8 Å². The van der Waals surface area contributed by atoms with Crippen LogP contribution in [0.3, 0.4) is 0 Å². The molecule has 0 aliphatic carbocycles. The number of ether oxygens (including phenoxy) is 1. The third-order valence-corrected chi connectivity index (χ3v) is 1.94. The first-order chi connectivity index (χ1) is 7.19. The van der Waals surface area contributed by atoms with Gasteiger partial charge in [0.25, 0.3) is 0 Å². The molecule has 0 spiro atoms. The van der Waals surface area contributed by atoms with Crippen molar-refractivity contribution in [2.45, 2.75) is 26.9 Å². The van der Waals surface area contributed by atoms with Gasteiger partial charge in [0, 0.05) is 13.7 Å². The third-order valence-electron chi connectivity index (χ3n) is 1.94. The second kappa shape index (κ2) is 7.20. The average molecular weight is 211 g/mol. The highest BCUT2D eigenvalue weighted by molar-refractivity contribution is 5.40. The van der Waals surface area contributed by atoms with Crippen LogP contribution < -0.4 is 11.5 Å². The Morgan fingerprint density at radius 3 is 2.47 bits per heavy atom. The van der Waals surface area contributed by atoms with Crippen molar-refractivity contribution in [1.29, 1.82) is 0 Å². The largest absolute Gasteiger partial charge is 0.397 e. The zero-order valence-corrected chi connectivity index (χ0v) is 9.95. The van der Waals surface area contributed by atoms with Crippen molar-refractivity contribution in [2.24, 2.45) is 5.73 Å². The quantitative estimate of drug-likeness (QED) is 0.797. The van der Waals surface area contributed by atoms with Gasteiger partial charge in [-0.1, -0.05) is 13.8 Å². The Morgan fingerprint density at radius 1 is 1.47 bits per heavy atom. The van der Waals surface area contributed by atoms with Crippen LogP contribution in [0, 0.1) is 6.92 Å². The monoisotopic (exact) mass is 211 g/mol. The summed E-state index contributed by atoms with van der Waals surface area (Å²) in [4.78, 5) is 4.19. The molecule has 15 heavy (non-hydrogen) atoms. The molecule has 4 N–H and O–H groups in total. The number of nitrogens with zero attached hydrogens (tertiary/aromatic N) is 1. The zero-order chi connectivity index (χ0) is 11.8. The molecule has 0 radical (unpaired) electrons. The van der Waals surface area contributed by atoms with Crippen LogP contribution in [-0.4, -0.2) is 18.6 Å². The highest BCUT2D eigenvalue weighted by atomic mass is 16.5. The molecule has 0 fully saturated rings. The van der Waals surface area contributed by atoms with Gasteiger partial charge in [-0.2, -0.15) is 0 Å². The number of nitrogens with two attached hydrogens (primary N) is 2. The Bertz CT molecular complexity index is 285. The Hall–Kier alpha value is -1.13. The molecule has 4 nitrogen and oxygen atoms in total. The highest BCUT2D eigenvalue weighted by Crippen LogP contribution is 2.18. The number of rotatable bonds is 3. The fourth-order valence-electron chi connectivity index (χ4n) is 1.26. The second-order valence-electron chi connectivity index (χ2n) is 2.93. The van der Waals surface area contributed by atoms with E-state index in [1.54, 1.807) is 13.3 Å². The molecule has 1 aromatic rings. The maximum absolute atomic E-state index is 5.58. The van der Waals surface area contributed by atoms with Crippen LogP contribution in [0.5, 0.6) is 0 Å². The van der Waals surface area contributed by atoms with E-state index < -0.39 is 0 Å². The summed E-state index contributed by atoms with van der Waals surface area (Å²) in [7, 11) is 1.62. The Morgan fingerprint density at radius 2 is 2.07 bits per heavy atom. The zero-order valence-electron chi connectivity index (χ0n) is 9.95. The molecule has 0 amide bonds. The Balaban J connectivity index is 0.000000921. The lowest BCUT2D eigenvalue weighted by molar-refractivity contribution is 0.106. The SMILES string of the molecule is CC.COC(CN)c1ncc(N)cc1C. The van der Waals surface area contributed by atoms with E-state index in [-0.39, 0.29) is 6.10 Å². The second-order valence-corrected chi connectivity index (χ2v) is 2.93. The van der Waals surface area contributed by atoms with Crippen molar-refractivity contribution in [3.8, 4) is 0 Å². The van der Waals surface area contributed by atoms with Gasteiger partial charge in [-0.3, -0.25) is 4.98 Å². The van der Waals surface area contributed by atoms with Gasteiger partial charge >= 0.3 is 0 Å². The van der Waals surface area contributed by atoms with E-state index in [0.29, 0.717) is 12.2 Å². The Kier molecular flexibility index (Phi) is 6.66. The van der Waals surface area contributed by atoms with Crippen molar-refractivity contribution in [3.63, 3.8) is 0 Å². The van der Waals surface area contributed by atoms with Gasteiger partial charge in [0.05, 0.1) is 17.6 Å². The van der Waals surface area contributed by atoms with E-state index in [4.69, 9.17) is 16.2 Å². The van der Waals surface area contributed by atoms with Crippen LogP contribution in [0.15, 0.2) is 12.3 Å². The van der Waals surface area contributed by atoms with Gasteiger partial charge in [-0.05, 0) is 18.6 Å². The topological polar surface area (TPSA) is 74.2 Å². The average Bonchev–Trinajstić information content (AvgIpc) is 2.25. The van der Waals surface area contributed by atoms with Crippen LogP contribution in [0.1, 0.15) is 31.2 Å². The van der Waals surface area contributed by atoms with Crippen molar-refractivity contribution in [1.82, 2.24) is 4.98 Å². The number of aromatic nitrogens is 1. The molecule has 0 bridgehead atoms. The van der Waals surface area contributed by atoms with Crippen molar-refractivity contribution in [3.05, 3.63) is 23.5 Å². The number of hydrogen-bond donors (Lipinski definition) is 2. The molecule has 0 aliphatic rings. The summed E-state index contributed by atoms with van der Waals surface area (Å²) < 4.78 is 5.18. The molecule has 0 saturated heterocycles. The van der Waals surface area contributed by atoms with Gasteiger partial charge in [0.2, 0.25) is 0 Å². The summed E-state index contributed by atoms with van der Waals surface area (Å²) >= 11 is 0. The lowest BCUT2D eigenvalue weighted by Gasteiger charge is -2.14. The fourth-order valence-corrected chi connectivity index (χ4v) is 1.26. The molecule has 0 aliphatic heterocycles. The first-order valence-corrected chi connectivity index (χ1v) is 5.14. The summed E-state index contributed by atoms with van der Waals surface area (Å²) in [5.74, 6) is 0. The maximum atomic E-state index is 5.58. The van der Waals surface area contributed by atoms with E-state index >= 15 is 0 Å². The maximum Gasteiger partial charge on any atom is 0.111 e. The molecule has 1 heterocycles. The molecular formula is C11H21N3O. The van der Waals surface area contributed by atoms with Crippen LogP contribution in [0.4, 0.5) is 5.69 Å². The molecule has 4 heteroatoms. The minimum Gasteiger partial charge on any atom is -0.397 e. The first-order valence-electron chi connectivity index (χ1n) is 5.14. The van der Waals surface area contributed by atoms with Crippen molar-refractivity contribution >= 4 is 5.69 Å². The predicted octanol–water partition coefficient (Wildman–Crippen LogP) is 1.64. The van der Waals surface area contributed by atoms with Gasteiger partial charge in [-0.15, -0.1) is 0 Å². The molecule has 1 rings (SSSR count). The van der Waals surface area contributed by atoms with Gasteiger partial charge in [0.15, 0.2) is 0 Å². The van der Waals surface area contributed by atoms with Gasteiger partial charge in [0.1, 0.15) is 6.10 Å². The lowest BCUT2D eigenvalue weighted by Crippen LogP contribution is -2.16. The van der Waals surface area contributed by atoms with Crippen molar-refractivity contribution < 1.29 is 4.74 Å². The van der Waals surface area contributed by atoms with Crippen LogP contribution in [0.25, 0.3) is 0 Å². The number of aryl methyl sites for hydroxylation is 1. The van der Waals surface area contributed by atoms with Crippen LogP contribution in [-0.2, 0) is 4.74 Å².